The zero-order valence-electron chi connectivity index (χ0n) is 19.3. The average molecular weight is 538 g/mol. The second kappa shape index (κ2) is 10.00. The number of hydrogen-bond acceptors (Lipinski definition) is 5. The summed E-state index contributed by atoms with van der Waals surface area (Å²) in [4.78, 5) is 15.5. The van der Waals surface area contributed by atoms with Crippen molar-refractivity contribution in [1.29, 1.82) is 0 Å². The summed E-state index contributed by atoms with van der Waals surface area (Å²) < 4.78 is 34.0. The number of carbonyl (C=O) groups excluding carboxylic acids is 1. The van der Waals surface area contributed by atoms with Crippen LogP contribution in [-0.4, -0.2) is 67.6 Å². The number of nitrogens with zero attached hydrogens (tertiary/aromatic N) is 2. The number of nitrogens with one attached hydrogen (secondary N) is 1. The van der Waals surface area contributed by atoms with E-state index >= 15 is 0 Å². The van der Waals surface area contributed by atoms with Crippen molar-refractivity contribution < 1.29 is 17.9 Å². The molecule has 10 heteroatoms. The summed E-state index contributed by atoms with van der Waals surface area (Å²) in [5, 5.41) is 3.85. The van der Waals surface area contributed by atoms with Crippen LogP contribution < -0.4 is 5.32 Å². The largest absolute Gasteiger partial charge is 0.376 e. The van der Waals surface area contributed by atoms with Crippen LogP contribution in [-0.2, 0) is 26.0 Å². The maximum Gasteiger partial charge on any atom is 0.244 e. The summed E-state index contributed by atoms with van der Waals surface area (Å²) in [6.45, 7) is 1.77. The molecular formula is C25H29Cl2N3O4S. The first-order chi connectivity index (χ1) is 16.8. The summed E-state index contributed by atoms with van der Waals surface area (Å²) >= 11 is 12.3. The van der Waals surface area contributed by atoms with Gasteiger partial charge in [-0.1, -0.05) is 59.6 Å². The second-order valence-corrected chi connectivity index (χ2v) is 12.1. The molecule has 188 valence electrons. The van der Waals surface area contributed by atoms with Crippen molar-refractivity contribution in [2.45, 2.75) is 54.8 Å². The van der Waals surface area contributed by atoms with E-state index in [4.69, 9.17) is 27.9 Å². The molecule has 3 aliphatic rings. The molecular weight excluding hydrogens is 509 g/mol. The van der Waals surface area contributed by atoms with Gasteiger partial charge in [-0.2, -0.15) is 4.31 Å². The lowest BCUT2D eigenvalue weighted by Gasteiger charge is -2.44. The summed E-state index contributed by atoms with van der Waals surface area (Å²) in [5.41, 5.74) is 0.482. The first-order valence-corrected chi connectivity index (χ1v) is 14.2. The molecule has 1 N–H and O–H groups in total. The van der Waals surface area contributed by atoms with Crippen molar-refractivity contribution in [1.82, 2.24) is 14.5 Å². The van der Waals surface area contributed by atoms with E-state index in [2.05, 4.69) is 5.32 Å². The lowest BCUT2D eigenvalue weighted by Crippen LogP contribution is -2.60. The molecule has 1 amide bonds. The summed E-state index contributed by atoms with van der Waals surface area (Å²) in [6, 6.07) is 14.2. The average Bonchev–Trinajstić information content (AvgIpc) is 3.45. The standard InChI is InChI=1S/C25H29Cl2N3O4S/c26-20-9-4-10-22(23(20)27)35(32,33)29-13-11-25(12-14-29)28-21(16-18-6-2-1-3-7-18)24(31)30(25)17-19-8-5-15-34-19/h1-4,6-7,9-10,19,21,28H,5,8,11-17H2/t19-,21-/m0/s1. The van der Waals surface area contributed by atoms with Gasteiger partial charge in [-0.05, 0) is 49.8 Å². The molecule has 3 aliphatic heterocycles. The molecule has 2 aromatic rings. The van der Waals surface area contributed by atoms with Crippen LogP contribution in [0.25, 0.3) is 0 Å². The van der Waals surface area contributed by atoms with Gasteiger partial charge in [0.25, 0.3) is 0 Å². The third kappa shape index (κ3) is 4.84. The van der Waals surface area contributed by atoms with E-state index in [1.807, 2.05) is 35.2 Å². The number of benzene rings is 2. The highest BCUT2D eigenvalue weighted by atomic mass is 35.5. The van der Waals surface area contributed by atoms with E-state index in [1.165, 1.54) is 10.4 Å². The number of sulfonamides is 1. The highest BCUT2D eigenvalue weighted by molar-refractivity contribution is 7.89. The third-order valence-electron chi connectivity index (χ3n) is 7.30. The van der Waals surface area contributed by atoms with E-state index in [-0.39, 0.29) is 46.1 Å². The number of amides is 1. The predicted octanol–water partition coefficient (Wildman–Crippen LogP) is 3.70. The van der Waals surface area contributed by atoms with Crippen LogP contribution in [0.15, 0.2) is 53.4 Å². The first kappa shape index (κ1) is 25.0. The Hall–Kier alpha value is -1.68. The van der Waals surface area contributed by atoms with Crippen molar-refractivity contribution in [2.24, 2.45) is 0 Å². The van der Waals surface area contributed by atoms with Gasteiger partial charge in [0.1, 0.15) is 4.90 Å². The molecule has 2 aromatic carbocycles. The Bertz CT molecular complexity index is 1180. The number of piperidine rings is 1. The van der Waals surface area contributed by atoms with Crippen LogP contribution in [0.2, 0.25) is 10.0 Å². The van der Waals surface area contributed by atoms with Crippen LogP contribution in [0.4, 0.5) is 0 Å². The molecule has 0 aromatic heterocycles. The summed E-state index contributed by atoms with van der Waals surface area (Å²) in [5.74, 6) is 0.0542. The van der Waals surface area contributed by atoms with Crippen LogP contribution in [0.5, 0.6) is 0 Å². The van der Waals surface area contributed by atoms with Crippen LogP contribution in [0, 0.1) is 0 Å². The quantitative estimate of drug-likeness (QED) is 0.607. The molecule has 0 saturated carbocycles. The molecule has 2 atom stereocenters. The molecule has 5 rings (SSSR count). The van der Waals surface area contributed by atoms with Gasteiger partial charge in [-0.25, -0.2) is 8.42 Å². The fourth-order valence-corrected chi connectivity index (χ4v) is 7.62. The highest BCUT2D eigenvalue weighted by Gasteiger charge is 2.53. The lowest BCUT2D eigenvalue weighted by molar-refractivity contribution is -0.135. The van der Waals surface area contributed by atoms with Gasteiger partial charge < -0.3 is 9.64 Å². The molecule has 0 unspecified atom stereocenters. The number of rotatable bonds is 6. The normalized spacial score (nSPS) is 25.0. The minimum absolute atomic E-state index is 0.0104. The monoisotopic (exact) mass is 537 g/mol. The second-order valence-electron chi connectivity index (χ2n) is 9.46. The Labute approximate surface area is 216 Å². The molecule has 0 radical (unpaired) electrons. The first-order valence-electron chi connectivity index (χ1n) is 12.0. The van der Waals surface area contributed by atoms with Gasteiger partial charge in [0, 0.05) is 26.2 Å². The Balaban J connectivity index is 1.37. The fraction of sp³-hybridized carbons (Fsp3) is 0.480. The van der Waals surface area contributed by atoms with Crippen molar-refractivity contribution in [3.8, 4) is 0 Å². The van der Waals surface area contributed by atoms with Crippen molar-refractivity contribution in [3.63, 3.8) is 0 Å². The van der Waals surface area contributed by atoms with E-state index in [0.717, 1.165) is 18.4 Å². The molecule has 35 heavy (non-hydrogen) atoms. The maximum absolute atomic E-state index is 13.6. The number of halogens is 2. The van der Waals surface area contributed by atoms with Gasteiger partial charge >= 0.3 is 0 Å². The molecule has 0 aliphatic carbocycles. The summed E-state index contributed by atoms with van der Waals surface area (Å²) in [7, 11) is -3.82. The maximum atomic E-state index is 13.6. The minimum atomic E-state index is -3.82. The van der Waals surface area contributed by atoms with Gasteiger partial charge in [0.15, 0.2) is 0 Å². The van der Waals surface area contributed by atoms with Gasteiger partial charge in [0.05, 0.1) is 27.9 Å². The molecule has 3 fully saturated rings. The molecule has 3 heterocycles. The third-order valence-corrected chi connectivity index (χ3v) is 10.2. The van der Waals surface area contributed by atoms with E-state index < -0.39 is 15.7 Å². The Morgan fingerprint density at radius 2 is 1.80 bits per heavy atom. The smallest absolute Gasteiger partial charge is 0.244 e. The zero-order chi connectivity index (χ0) is 24.6. The lowest BCUT2D eigenvalue weighted by atomic mass is 9.96. The number of hydrogen-bond donors (Lipinski definition) is 1. The molecule has 1 spiro atoms. The predicted molar refractivity (Wildman–Crippen MR) is 135 cm³/mol. The number of ether oxygens (including phenoxy) is 1. The Morgan fingerprint density at radius 3 is 2.49 bits per heavy atom. The summed E-state index contributed by atoms with van der Waals surface area (Å²) in [6.07, 6.45) is 3.48. The van der Waals surface area contributed by atoms with Crippen molar-refractivity contribution in [2.75, 3.05) is 26.2 Å². The van der Waals surface area contributed by atoms with E-state index in [0.29, 0.717) is 32.4 Å². The van der Waals surface area contributed by atoms with E-state index in [1.54, 1.807) is 12.1 Å². The number of carbonyl (C=O) groups is 1. The van der Waals surface area contributed by atoms with E-state index in [9.17, 15) is 13.2 Å². The van der Waals surface area contributed by atoms with Crippen molar-refractivity contribution >= 4 is 39.1 Å². The topological polar surface area (TPSA) is 79.0 Å². The van der Waals surface area contributed by atoms with Crippen LogP contribution in [0.1, 0.15) is 31.2 Å². The molecule has 0 bridgehead atoms. The zero-order valence-corrected chi connectivity index (χ0v) is 21.7. The Morgan fingerprint density at radius 1 is 1.06 bits per heavy atom. The Kier molecular flexibility index (Phi) is 7.14. The molecule has 3 saturated heterocycles. The van der Waals surface area contributed by atoms with Gasteiger partial charge in [-0.15, -0.1) is 0 Å². The fourth-order valence-electron chi connectivity index (χ4n) is 5.44. The SMILES string of the molecule is O=C1[C@H](Cc2ccccc2)NC2(CCN(S(=O)(=O)c3cccc(Cl)c3Cl)CC2)N1C[C@@H]1CCCO1. The minimum Gasteiger partial charge on any atom is -0.376 e. The van der Waals surface area contributed by atoms with Crippen molar-refractivity contribution in [3.05, 3.63) is 64.1 Å². The van der Waals surface area contributed by atoms with Crippen LogP contribution >= 0.6 is 23.2 Å². The highest BCUT2D eigenvalue weighted by Crippen LogP contribution is 2.37. The van der Waals surface area contributed by atoms with Gasteiger partial charge in [-0.3, -0.25) is 10.1 Å². The van der Waals surface area contributed by atoms with Gasteiger partial charge in [0.2, 0.25) is 15.9 Å². The van der Waals surface area contributed by atoms with Crippen LogP contribution in [0.3, 0.4) is 0 Å². The molecule has 7 nitrogen and oxygen atoms in total.